The van der Waals surface area contributed by atoms with E-state index in [-0.39, 0.29) is 11.6 Å². The number of carbonyl (C=O) groups is 1. The number of hydrogen-bond donors (Lipinski definition) is 2. The Labute approximate surface area is 182 Å². The molecule has 0 amide bonds. The molecular formula is C23H39NO5Si. The molecule has 4 atom stereocenters. The molecule has 0 unspecified atom stereocenters. The van der Waals surface area contributed by atoms with Crippen LogP contribution in [0, 0.1) is 0 Å². The van der Waals surface area contributed by atoms with Crippen LogP contribution in [0.2, 0.25) is 18.1 Å². The normalized spacial score (nSPS) is 26.1. The summed E-state index contributed by atoms with van der Waals surface area (Å²) >= 11 is 0. The number of ether oxygens (including phenoxy) is 1. The Balaban J connectivity index is 2.32. The van der Waals surface area contributed by atoms with Crippen molar-refractivity contribution in [2.45, 2.75) is 96.1 Å². The average Bonchev–Trinajstić information content (AvgIpc) is 2.82. The van der Waals surface area contributed by atoms with Crippen molar-refractivity contribution in [1.29, 1.82) is 0 Å². The molecule has 0 aromatic heterocycles. The Kier molecular flexibility index (Phi) is 7.57. The Hall–Kier alpha value is -1.25. The Bertz CT molecular complexity index is 711. The third-order valence-corrected chi connectivity index (χ3v) is 10.6. The summed E-state index contributed by atoms with van der Waals surface area (Å²) < 4.78 is 11.9. The van der Waals surface area contributed by atoms with E-state index in [1.807, 2.05) is 35.2 Å². The lowest BCUT2D eigenvalue weighted by molar-refractivity contribution is -0.164. The minimum Gasteiger partial charge on any atom is -0.459 e. The van der Waals surface area contributed by atoms with Gasteiger partial charge in [0.2, 0.25) is 0 Å². The average molecular weight is 438 g/mol. The summed E-state index contributed by atoms with van der Waals surface area (Å²) in [7, 11) is -2.07. The highest BCUT2D eigenvalue weighted by Gasteiger charge is 2.53. The minimum absolute atomic E-state index is 0.0179. The first kappa shape index (κ1) is 25.0. The molecule has 6 nitrogen and oxygen atoms in total. The lowest BCUT2D eigenvalue weighted by atomic mass is 10.1. The molecule has 2 rings (SSSR count). The van der Waals surface area contributed by atoms with Crippen LogP contribution in [0.5, 0.6) is 0 Å². The van der Waals surface area contributed by atoms with Gasteiger partial charge in [-0.2, -0.15) is 0 Å². The van der Waals surface area contributed by atoms with E-state index in [2.05, 4.69) is 33.9 Å². The first-order valence-electron chi connectivity index (χ1n) is 10.7. The quantitative estimate of drug-likeness (QED) is 0.525. The van der Waals surface area contributed by atoms with Crippen molar-refractivity contribution in [3.8, 4) is 0 Å². The molecule has 0 radical (unpaired) electrons. The van der Waals surface area contributed by atoms with Crippen molar-refractivity contribution in [2.75, 3.05) is 6.61 Å². The van der Waals surface area contributed by atoms with Crippen molar-refractivity contribution in [3.63, 3.8) is 0 Å². The van der Waals surface area contributed by atoms with E-state index in [9.17, 15) is 15.0 Å². The van der Waals surface area contributed by atoms with Crippen LogP contribution in [0.15, 0.2) is 30.3 Å². The monoisotopic (exact) mass is 437 g/mol. The maximum Gasteiger partial charge on any atom is 0.326 e. The molecule has 0 spiro atoms. The molecule has 30 heavy (non-hydrogen) atoms. The van der Waals surface area contributed by atoms with Crippen LogP contribution < -0.4 is 0 Å². The highest BCUT2D eigenvalue weighted by molar-refractivity contribution is 6.74. The van der Waals surface area contributed by atoms with Crippen molar-refractivity contribution in [2.24, 2.45) is 0 Å². The topological polar surface area (TPSA) is 79.2 Å². The molecule has 0 aliphatic carbocycles. The van der Waals surface area contributed by atoms with E-state index in [1.165, 1.54) is 0 Å². The molecule has 1 aliphatic rings. The van der Waals surface area contributed by atoms with Gasteiger partial charge in [0.1, 0.15) is 17.7 Å². The van der Waals surface area contributed by atoms with Gasteiger partial charge in [0, 0.05) is 6.54 Å². The summed E-state index contributed by atoms with van der Waals surface area (Å²) in [6, 6.07) is 8.27. The number of likely N-dealkylation sites (tertiary alicyclic amines) is 1. The highest BCUT2D eigenvalue weighted by Crippen LogP contribution is 2.38. The number of esters is 1. The van der Waals surface area contributed by atoms with E-state index < -0.39 is 44.2 Å². The number of rotatable bonds is 6. The Morgan fingerprint density at radius 2 is 1.60 bits per heavy atom. The first-order valence-corrected chi connectivity index (χ1v) is 13.6. The number of nitrogens with zero attached hydrogens (tertiary/aromatic N) is 1. The standard InChI is InChI=1S/C23H39NO5Si/c1-22(2,3)29-21(27)18-20(26)19(25)17(15-28-30(7,8)23(4,5)6)24(18)14-16-12-10-9-11-13-16/h9-13,17-20,25-26H,14-15H2,1-8H3/t17-,18+,19-,20+/m1/s1. The minimum atomic E-state index is -2.07. The highest BCUT2D eigenvalue weighted by atomic mass is 28.4. The second kappa shape index (κ2) is 9.08. The molecule has 7 heteroatoms. The van der Waals surface area contributed by atoms with Crippen molar-refractivity contribution >= 4 is 14.3 Å². The molecule has 1 saturated heterocycles. The predicted molar refractivity (Wildman–Crippen MR) is 121 cm³/mol. The van der Waals surface area contributed by atoms with Crippen molar-refractivity contribution in [1.82, 2.24) is 4.90 Å². The van der Waals surface area contributed by atoms with Gasteiger partial charge in [-0.05, 0) is 44.5 Å². The zero-order valence-electron chi connectivity index (χ0n) is 19.7. The van der Waals surface area contributed by atoms with E-state index in [0.717, 1.165) is 5.56 Å². The fourth-order valence-electron chi connectivity index (χ4n) is 3.36. The second-order valence-corrected chi connectivity index (χ2v) is 15.6. The molecule has 0 saturated carbocycles. The fourth-order valence-corrected chi connectivity index (χ4v) is 4.38. The second-order valence-electron chi connectivity index (χ2n) is 10.8. The molecule has 1 aromatic carbocycles. The summed E-state index contributed by atoms with van der Waals surface area (Å²) in [6.07, 6.45) is -2.34. The Morgan fingerprint density at radius 1 is 1.03 bits per heavy atom. The van der Waals surface area contributed by atoms with E-state index in [0.29, 0.717) is 6.54 Å². The summed E-state index contributed by atoms with van der Waals surface area (Å²) in [6.45, 7) is 16.8. The van der Waals surface area contributed by atoms with Crippen LogP contribution in [0.25, 0.3) is 0 Å². The van der Waals surface area contributed by atoms with Gasteiger partial charge in [-0.25, -0.2) is 0 Å². The molecule has 170 valence electrons. The summed E-state index contributed by atoms with van der Waals surface area (Å²) in [4.78, 5) is 14.8. The fraction of sp³-hybridized carbons (Fsp3) is 0.696. The van der Waals surface area contributed by atoms with E-state index in [4.69, 9.17) is 9.16 Å². The van der Waals surface area contributed by atoms with Crippen LogP contribution in [-0.4, -0.2) is 65.9 Å². The maximum absolute atomic E-state index is 13.0. The molecule has 0 bridgehead atoms. The van der Waals surface area contributed by atoms with Gasteiger partial charge in [0.15, 0.2) is 8.32 Å². The molecule has 2 N–H and O–H groups in total. The van der Waals surface area contributed by atoms with E-state index in [1.54, 1.807) is 20.8 Å². The predicted octanol–water partition coefficient (Wildman–Crippen LogP) is 3.32. The zero-order chi connectivity index (χ0) is 22.9. The number of aliphatic hydroxyl groups is 2. The zero-order valence-corrected chi connectivity index (χ0v) is 20.7. The van der Waals surface area contributed by atoms with Gasteiger partial charge in [-0.15, -0.1) is 0 Å². The summed E-state index contributed by atoms with van der Waals surface area (Å²) in [5, 5.41) is 21.7. The van der Waals surface area contributed by atoms with Crippen molar-refractivity contribution in [3.05, 3.63) is 35.9 Å². The summed E-state index contributed by atoms with van der Waals surface area (Å²) in [5.74, 6) is -0.528. The van der Waals surface area contributed by atoms with Crippen LogP contribution in [0.4, 0.5) is 0 Å². The Morgan fingerprint density at radius 3 is 2.10 bits per heavy atom. The number of benzene rings is 1. The number of carbonyl (C=O) groups excluding carboxylic acids is 1. The lowest BCUT2D eigenvalue weighted by Crippen LogP contribution is -2.49. The van der Waals surface area contributed by atoms with Gasteiger partial charge < -0.3 is 19.4 Å². The van der Waals surface area contributed by atoms with Crippen LogP contribution >= 0.6 is 0 Å². The number of hydrogen-bond acceptors (Lipinski definition) is 6. The molecule has 1 fully saturated rings. The largest absolute Gasteiger partial charge is 0.459 e. The first-order chi connectivity index (χ1) is 13.6. The van der Waals surface area contributed by atoms with Crippen LogP contribution in [0.3, 0.4) is 0 Å². The van der Waals surface area contributed by atoms with Gasteiger partial charge in [0.25, 0.3) is 0 Å². The molecule has 1 heterocycles. The smallest absolute Gasteiger partial charge is 0.326 e. The lowest BCUT2D eigenvalue weighted by Gasteiger charge is -2.38. The maximum atomic E-state index is 13.0. The van der Waals surface area contributed by atoms with Gasteiger partial charge in [0.05, 0.1) is 18.8 Å². The third kappa shape index (κ3) is 5.92. The van der Waals surface area contributed by atoms with Gasteiger partial charge in [-0.1, -0.05) is 51.1 Å². The van der Waals surface area contributed by atoms with Crippen LogP contribution in [-0.2, 0) is 20.5 Å². The van der Waals surface area contributed by atoms with E-state index >= 15 is 0 Å². The molecular weight excluding hydrogens is 398 g/mol. The SMILES string of the molecule is CC(C)(C)OC(=O)[C@@H]1[C@H](O)[C@H](O)[C@@H](CO[Si](C)(C)C(C)(C)C)N1Cc1ccccc1. The van der Waals surface area contributed by atoms with Crippen LogP contribution in [0.1, 0.15) is 47.1 Å². The van der Waals surface area contributed by atoms with Gasteiger partial charge >= 0.3 is 5.97 Å². The number of aliphatic hydroxyl groups excluding tert-OH is 2. The molecule has 1 aromatic rings. The van der Waals surface area contributed by atoms with Gasteiger partial charge in [-0.3, -0.25) is 9.69 Å². The molecule has 1 aliphatic heterocycles. The third-order valence-electron chi connectivity index (χ3n) is 6.13. The summed E-state index contributed by atoms with van der Waals surface area (Å²) in [5.41, 5.74) is 0.306. The van der Waals surface area contributed by atoms with Crippen molar-refractivity contribution < 1.29 is 24.2 Å².